The molecule has 0 aliphatic rings. The summed E-state index contributed by atoms with van der Waals surface area (Å²) in [6.45, 7) is 5.08. The van der Waals surface area contributed by atoms with Crippen LogP contribution in [0.25, 0.3) is 0 Å². The average molecular weight is 214 g/mol. The maximum atomic E-state index is 9.82. The van der Waals surface area contributed by atoms with E-state index in [1.54, 1.807) is 13.0 Å². The first-order valence-corrected chi connectivity index (χ1v) is 3.99. The number of ether oxygens (including phenoxy) is 1. The molecule has 0 atom stereocenters. The third-order valence-corrected chi connectivity index (χ3v) is 0.578. The number of esters is 1. The molecule has 0 aliphatic carbocycles. The summed E-state index contributed by atoms with van der Waals surface area (Å²) < 4.78 is 4.40. The van der Waals surface area contributed by atoms with Crippen molar-refractivity contribution in [3.63, 3.8) is 0 Å². The SMILES string of the molecule is CC#N.CCOC(C)=O.N#CCC(=O)O. The van der Waals surface area contributed by atoms with Gasteiger partial charge in [-0.15, -0.1) is 0 Å². The molecule has 0 saturated heterocycles. The largest absolute Gasteiger partial charge is 0.480 e. The number of carbonyl (C=O) groups excluding carboxylic acids is 1. The molecule has 6 heteroatoms. The molecule has 0 spiro atoms. The van der Waals surface area contributed by atoms with E-state index in [0.29, 0.717) is 6.61 Å². The van der Waals surface area contributed by atoms with E-state index in [4.69, 9.17) is 15.6 Å². The number of rotatable bonds is 2. The first-order chi connectivity index (χ1) is 6.95. The zero-order valence-corrected chi connectivity index (χ0v) is 8.98. The summed E-state index contributed by atoms with van der Waals surface area (Å²) in [5.41, 5.74) is 0. The van der Waals surface area contributed by atoms with E-state index >= 15 is 0 Å². The molecule has 1 N–H and O–H groups in total. The number of hydrogen-bond donors (Lipinski definition) is 1. The second kappa shape index (κ2) is 17.9. The Morgan fingerprint density at radius 1 is 1.40 bits per heavy atom. The predicted octanol–water partition coefficient (Wildman–Crippen LogP) is 1.08. The number of hydrogen-bond acceptors (Lipinski definition) is 5. The highest BCUT2D eigenvalue weighted by molar-refractivity contribution is 5.69. The van der Waals surface area contributed by atoms with Crippen molar-refractivity contribution in [2.24, 2.45) is 0 Å². The molecule has 0 heterocycles. The Kier molecular flexibility index (Phi) is 22.2. The molecular formula is C9H14N2O4. The van der Waals surface area contributed by atoms with E-state index in [9.17, 15) is 9.59 Å². The summed E-state index contributed by atoms with van der Waals surface area (Å²) in [6, 6.07) is 3.22. The first kappa shape index (κ1) is 18.7. The van der Waals surface area contributed by atoms with Gasteiger partial charge in [-0.1, -0.05) is 0 Å². The molecule has 0 bridgehead atoms. The van der Waals surface area contributed by atoms with E-state index in [1.807, 2.05) is 0 Å². The number of aliphatic carboxylic acids is 1. The third-order valence-electron chi connectivity index (χ3n) is 0.578. The molecule has 0 aromatic rings. The number of carboxylic acids is 1. The van der Waals surface area contributed by atoms with Crippen LogP contribution in [0.4, 0.5) is 0 Å². The van der Waals surface area contributed by atoms with Gasteiger partial charge in [0, 0.05) is 13.8 Å². The highest BCUT2D eigenvalue weighted by atomic mass is 16.5. The molecule has 15 heavy (non-hydrogen) atoms. The number of carboxylic acid groups (broad SMARTS) is 1. The second-order valence-corrected chi connectivity index (χ2v) is 1.88. The lowest BCUT2D eigenvalue weighted by molar-refractivity contribution is -0.140. The van der Waals surface area contributed by atoms with Crippen LogP contribution in [0.15, 0.2) is 0 Å². The molecule has 0 fully saturated rings. The summed E-state index contributed by atoms with van der Waals surface area (Å²) in [5, 5.41) is 22.6. The summed E-state index contributed by atoms with van der Waals surface area (Å²) in [7, 11) is 0. The minimum absolute atomic E-state index is 0.211. The minimum Gasteiger partial charge on any atom is -0.480 e. The van der Waals surface area contributed by atoms with Crippen molar-refractivity contribution < 1.29 is 19.4 Å². The van der Waals surface area contributed by atoms with E-state index in [1.165, 1.54) is 19.9 Å². The molecule has 0 aliphatic heterocycles. The molecule has 0 radical (unpaired) electrons. The molecule has 0 unspecified atom stereocenters. The maximum absolute atomic E-state index is 9.82. The van der Waals surface area contributed by atoms with Gasteiger partial charge in [0.1, 0.15) is 6.42 Å². The van der Waals surface area contributed by atoms with E-state index in [-0.39, 0.29) is 5.97 Å². The number of nitriles is 2. The fourth-order valence-electron chi connectivity index (χ4n) is 0.271. The van der Waals surface area contributed by atoms with E-state index in [2.05, 4.69) is 4.74 Å². The van der Waals surface area contributed by atoms with Crippen molar-refractivity contribution in [2.45, 2.75) is 27.2 Å². The van der Waals surface area contributed by atoms with E-state index in [0.717, 1.165) is 0 Å². The van der Waals surface area contributed by atoms with E-state index < -0.39 is 12.4 Å². The van der Waals surface area contributed by atoms with Gasteiger partial charge in [-0.3, -0.25) is 9.59 Å². The fourth-order valence-corrected chi connectivity index (χ4v) is 0.271. The molecule has 0 aromatic heterocycles. The van der Waals surface area contributed by atoms with Crippen LogP contribution in [0, 0.1) is 22.7 Å². The zero-order chi connectivity index (χ0) is 12.7. The van der Waals surface area contributed by atoms with Crippen LogP contribution >= 0.6 is 0 Å². The summed E-state index contributed by atoms with van der Waals surface area (Å²) >= 11 is 0. The van der Waals surface area contributed by atoms with Gasteiger partial charge in [0.15, 0.2) is 0 Å². The van der Waals surface area contributed by atoms with Crippen LogP contribution in [0.3, 0.4) is 0 Å². The average Bonchev–Trinajstić information content (AvgIpc) is 2.05. The Labute approximate surface area is 88.7 Å². The lowest BCUT2D eigenvalue weighted by Gasteiger charge is -1.89. The van der Waals surface area contributed by atoms with Crippen molar-refractivity contribution in [2.75, 3.05) is 6.61 Å². The zero-order valence-electron chi connectivity index (χ0n) is 8.98. The maximum Gasteiger partial charge on any atom is 0.317 e. The molecule has 0 rings (SSSR count). The van der Waals surface area contributed by atoms with Crippen LogP contribution in [0.5, 0.6) is 0 Å². The van der Waals surface area contributed by atoms with Crippen molar-refractivity contribution in [1.82, 2.24) is 0 Å². The van der Waals surface area contributed by atoms with Crippen LogP contribution in [-0.2, 0) is 14.3 Å². The standard InChI is InChI=1S/C4H8O2.C3H3NO2.C2H3N/c1-3-6-4(2)5;4-2-1-3(5)6;1-2-3/h3H2,1-2H3;1H2,(H,5,6);1H3. The van der Waals surface area contributed by atoms with Crippen LogP contribution in [0.2, 0.25) is 0 Å². The Morgan fingerprint density at radius 2 is 1.80 bits per heavy atom. The van der Waals surface area contributed by atoms with Gasteiger partial charge in [-0.25, -0.2) is 0 Å². The van der Waals surface area contributed by atoms with Gasteiger partial charge >= 0.3 is 11.9 Å². The predicted molar refractivity (Wildman–Crippen MR) is 51.5 cm³/mol. The molecule has 6 nitrogen and oxygen atoms in total. The van der Waals surface area contributed by atoms with Crippen LogP contribution < -0.4 is 0 Å². The second-order valence-electron chi connectivity index (χ2n) is 1.88. The van der Waals surface area contributed by atoms with Crippen molar-refractivity contribution in [3.05, 3.63) is 0 Å². The van der Waals surface area contributed by atoms with Gasteiger partial charge in [0.05, 0.1) is 18.7 Å². The quantitative estimate of drug-likeness (QED) is 0.688. The molecular weight excluding hydrogens is 200 g/mol. The number of nitrogens with zero attached hydrogens (tertiary/aromatic N) is 2. The van der Waals surface area contributed by atoms with Gasteiger partial charge in [0.2, 0.25) is 0 Å². The van der Waals surface area contributed by atoms with Gasteiger partial charge in [0.25, 0.3) is 0 Å². The number of carbonyl (C=O) groups is 2. The Morgan fingerprint density at radius 3 is 1.80 bits per heavy atom. The Hall–Kier alpha value is -2.08. The summed E-state index contributed by atoms with van der Waals surface area (Å²) in [5.74, 6) is -1.28. The summed E-state index contributed by atoms with van der Waals surface area (Å²) in [6.07, 6.45) is -0.403. The van der Waals surface area contributed by atoms with Gasteiger partial charge < -0.3 is 9.84 Å². The highest BCUT2D eigenvalue weighted by Crippen LogP contribution is 1.69. The molecule has 0 aromatic carbocycles. The van der Waals surface area contributed by atoms with Gasteiger partial charge in [-0.2, -0.15) is 10.5 Å². The van der Waals surface area contributed by atoms with Crippen molar-refractivity contribution >= 4 is 11.9 Å². The van der Waals surface area contributed by atoms with Crippen LogP contribution in [-0.4, -0.2) is 23.7 Å². The van der Waals surface area contributed by atoms with Crippen molar-refractivity contribution in [3.8, 4) is 12.1 Å². The lowest BCUT2D eigenvalue weighted by atomic mass is 10.5. The molecule has 84 valence electrons. The van der Waals surface area contributed by atoms with Gasteiger partial charge in [-0.05, 0) is 6.92 Å². The van der Waals surface area contributed by atoms with Crippen molar-refractivity contribution in [1.29, 1.82) is 10.5 Å². The topological polar surface area (TPSA) is 111 Å². The first-order valence-electron chi connectivity index (χ1n) is 3.99. The molecule has 0 amide bonds. The lowest BCUT2D eigenvalue weighted by Crippen LogP contribution is -1.95. The third kappa shape index (κ3) is 76.3. The molecule has 0 saturated carbocycles. The normalized spacial score (nSPS) is 6.20. The smallest absolute Gasteiger partial charge is 0.317 e. The minimum atomic E-state index is -1.07. The fraction of sp³-hybridized carbons (Fsp3) is 0.556. The van der Waals surface area contributed by atoms with Crippen LogP contribution in [0.1, 0.15) is 27.2 Å². The monoisotopic (exact) mass is 214 g/mol. The summed E-state index contributed by atoms with van der Waals surface area (Å²) in [4.78, 5) is 19.2. The Balaban J connectivity index is -0.000000153. The Bertz CT molecular complexity index is 250. The highest BCUT2D eigenvalue weighted by Gasteiger charge is 1.87.